The highest BCUT2D eigenvalue weighted by atomic mass is 16.5. The Hall–Kier alpha value is -2.63. The van der Waals surface area contributed by atoms with E-state index in [1.807, 2.05) is 0 Å². The van der Waals surface area contributed by atoms with Gasteiger partial charge in [0.1, 0.15) is 5.75 Å². The minimum Gasteiger partial charge on any atom is -0.478 e. The van der Waals surface area contributed by atoms with E-state index in [-0.39, 0.29) is 35.5 Å². The largest absolute Gasteiger partial charge is 0.478 e. The first-order chi connectivity index (χ1) is 12.2. The lowest BCUT2D eigenvalue weighted by Gasteiger charge is -2.25. The minimum atomic E-state index is -1.41. The fraction of sp³-hybridized carbons (Fsp3) is 0.450. The van der Waals surface area contributed by atoms with Gasteiger partial charge in [-0.3, -0.25) is 9.59 Å². The van der Waals surface area contributed by atoms with Crippen molar-refractivity contribution in [2.75, 3.05) is 4.90 Å². The average Bonchev–Trinajstić information content (AvgIpc) is 3.24. The molecule has 1 aliphatic heterocycles. The molecule has 4 atom stereocenters. The van der Waals surface area contributed by atoms with E-state index in [0.29, 0.717) is 17.0 Å². The Labute approximate surface area is 151 Å². The molecule has 1 saturated heterocycles. The summed E-state index contributed by atoms with van der Waals surface area (Å²) in [6.45, 7) is 4.66. The monoisotopic (exact) mass is 355 g/mol. The number of nitrogens with zero attached hydrogens (tertiary/aromatic N) is 1. The molecule has 6 heteroatoms. The normalized spacial score (nSPS) is 29.4. The Morgan fingerprint density at radius 3 is 2.27 bits per heavy atom. The molecule has 2 bridgehead atoms. The van der Waals surface area contributed by atoms with Crippen molar-refractivity contribution in [1.29, 1.82) is 0 Å². The molecule has 0 radical (unpaired) electrons. The van der Waals surface area contributed by atoms with Crippen molar-refractivity contribution in [2.45, 2.75) is 32.8 Å². The van der Waals surface area contributed by atoms with E-state index in [0.717, 1.165) is 6.42 Å². The maximum atomic E-state index is 13.0. The van der Waals surface area contributed by atoms with Crippen LogP contribution < -0.4 is 9.64 Å². The number of imide groups is 1. The summed E-state index contributed by atoms with van der Waals surface area (Å²) in [6.07, 6.45) is 5.00. The van der Waals surface area contributed by atoms with Gasteiger partial charge < -0.3 is 9.84 Å². The van der Waals surface area contributed by atoms with Crippen LogP contribution in [0.25, 0.3) is 0 Å². The topological polar surface area (TPSA) is 83.9 Å². The Balaban J connectivity index is 1.69. The van der Waals surface area contributed by atoms with Crippen molar-refractivity contribution in [3.05, 3.63) is 35.9 Å². The zero-order valence-electron chi connectivity index (χ0n) is 14.9. The van der Waals surface area contributed by atoms with Gasteiger partial charge >= 0.3 is 5.97 Å². The zero-order valence-corrected chi connectivity index (χ0v) is 14.9. The van der Waals surface area contributed by atoms with Gasteiger partial charge in [0, 0.05) is 5.56 Å². The van der Waals surface area contributed by atoms with E-state index < -0.39 is 11.6 Å². The van der Waals surface area contributed by atoms with E-state index in [1.54, 1.807) is 25.1 Å². The standard InChI is InChI=1S/C20H21NO5/c1-10-13(5-4-6-14(10)26-20(2,3)19(24)25)21-17(22)15-11-7-8-12(9-11)16(15)18(21)23/h4-8,11-12,15-16H,9H2,1-3H3,(H,24,25). The number of carboxylic acids is 1. The third kappa shape index (κ3) is 2.21. The molecule has 4 unspecified atom stereocenters. The van der Waals surface area contributed by atoms with Gasteiger partial charge in [0.25, 0.3) is 0 Å². The molecular formula is C20H21NO5. The smallest absolute Gasteiger partial charge is 0.347 e. The van der Waals surface area contributed by atoms with E-state index in [4.69, 9.17) is 4.74 Å². The first kappa shape index (κ1) is 16.8. The van der Waals surface area contributed by atoms with Crippen LogP contribution in [0.4, 0.5) is 5.69 Å². The summed E-state index contributed by atoms with van der Waals surface area (Å²) in [5.74, 6) is -1.28. The molecule has 136 valence electrons. The lowest BCUT2D eigenvalue weighted by atomic mass is 9.85. The van der Waals surface area contributed by atoms with E-state index in [9.17, 15) is 19.5 Å². The maximum Gasteiger partial charge on any atom is 0.347 e. The van der Waals surface area contributed by atoms with Gasteiger partial charge in [0.05, 0.1) is 17.5 Å². The lowest BCUT2D eigenvalue weighted by molar-refractivity contribution is -0.152. The predicted octanol–water partition coefficient (Wildman–Crippen LogP) is 2.55. The van der Waals surface area contributed by atoms with Crippen LogP contribution in [0.15, 0.2) is 30.4 Å². The second-order valence-corrected chi connectivity index (χ2v) is 7.83. The Morgan fingerprint density at radius 1 is 1.15 bits per heavy atom. The molecule has 2 fully saturated rings. The number of aliphatic carboxylic acids is 1. The van der Waals surface area contributed by atoms with Crippen LogP contribution in [0.2, 0.25) is 0 Å². The first-order valence-corrected chi connectivity index (χ1v) is 8.80. The van der Waals surface area contributed by atoms with Crippen molar-refractivity contribution in [2.24, 2.45) is 23.7 Å². The highest BCUT2D eigenvalue weighted by Crippen LogP contribution is 2.53. The van der Waals surface area contributed by atoms with Gasteiger partial charge in [0.15, 0.2) is 5.60 Å². The van der Waals surface area contributed by atoms with E-state index in [1.165, 1.54) is 18.7 Å². The number of allylic oxidation sites excluding steroid dienone is 2. The molecule has 4 rings (SSSR count). The number of hydrogen-bond donors (Lipinski definition) is 1. The van der Waals surface area contributed by atoms with Crippen LogP contribution in [0.1, 0.15) is 25.8 Å². The van der Waals surface area contributed by atoms with E-state index in [2.05, 4.69) is 12.2 Å². The highest BCUT2D eigenvalue weighted by molar-refractivity contribution is 6.23. The molecule has 1 heterocycles. The number of carbonyl (C=O) groups excluding carboxylic acids is 2. The molecule has 1 aromatic rings. The predicted molar refractivity (Wildman–Crippen MR) is 93.7 cm³/mol. The van der Waals surface area contributed by atoms with Gasteiger partial charge in [-0.2, -0.15) is 0 Å². The summed E-state index contributed by atoms with van der Waals surface area (Å²) in [4.78, 5) is 38.6. The number of carbonyl (C=O) groups is 3. The molecule has 1 aromatic carbocycles. The quantitative estimate of drug-likeness (QED) is 0.663. The van der Waals surface area contributed by atoms with E-state index >= 15 is 0 Å². The summed E-state index contributed by atoms with van der Waals surface area (Å²) < 4.78 is 5.65. The molecule has 3 aliphatic rings. The van der Waals surface area contributed by atoms with Crippen LogP contribution in [-0.4, -0.2) is 28.5 Å². The number of ether oxygens (including phenoxy) is 1. The SMILES string of the molecule is Cc1c(OC(C)(C)C(=O)O)cccc1N1C(=O)C2C3C=CC(C3)C2C1=O. The number of amides is 2. The molecule has 1 N–H and O–H groups in total. The second kappa shape index (κ2) is 5.43. The van der Waals surface area contributed by atoms with Crippen molar-refractivity contribution < 1.29 is 24.2 Å². The molecule has 2 amide bonds. The summed E-state index contributed by atoms with van der Waals surface area (Å²) in [6, 6.07) is 5.04. The number of carboxylic acid groups (broad SMARTS) is 1. The number of anilines is 1. The molecule has 2 aliphatic carbocycles. The molecule has 6 nitrogen and oxygen atoms in total. The van der Waals surface area contributed by atoms with Crippen LogP contribution in [0, 0.1) is 30.6 Å². The number of rotatable bonds is 4. The fourth-order valence-electron chi connectivity index (χ4n) is 4.41. The van der Waals surface area contributed by atoms with Gasteiger partial charge in [-0.15, -0.1) is 0 Å². The maximum absolute atomic E-state index is 13.0. The minimum absolute atomic E-state index is 0.150. The Morgan fingerprint density at radius 2 is 1.73 bits per heavy atom. The van der Waals surface area contributed by atoms with Gasteiger partial charge in [-0.25, -0.2) is 9.69 Å². The van der Waals surface area contributed by atoms with Crippen LogP contribution in [0.5, 0.6) is 5.75 Å². The summed E-state index contributed by atoms with van der Waals surface area (Å²) in [5.41, 5.74) is -0.349. The van der Waals surface area contributed by atoms with Crippen molar-refractivity contribution in [3.8, 4) is 5.75 Å². The Kier molecular flexibility index (Phi) is 3.51. The third-order valence-electron chi connectivity index (χ3n) is 5.85. The van der Waals surface area contributed by atoms with Crippen molar-refractivity contribution >= 4 is 23.5 Å². The number of fused-ring (bicyclic) bond motifs is 5. The van der Waals surface area contributed by atoms with Gasteiger partial charge in [-0.05, 0) is 51.2 Å². The number of hydrogen-bond acceptors (Lipinski definition) is 4. The van der Waals surface area contributed by atoms with Gasteiger partial charge in [0.2, 0.25) is 11.8 Å². The van der Waals surface area contributed by atoms with Crippen LogP contribution in [-0.2, 0) is 14.4 Å². The molecule has 26 heavy (non-hydrogen) atoms. The second-order valence-electron chi connectivity index (χ2n) is 7.83. The lowest BCUT2D eigenvalue weighted by Crippen LogP contribution is -2.38. The average molecular weight is 355 g/mol. The molecule has 1 saturated carbocycles. The summed E-state index contributed by atoms with van der Waals surface area (Å²) >= 11 is 0. The Bertz CT molecular complexity index is 826. The number of benzene rings is 1. The highest BCUT2D eigenvalue weighted by Gasteiger charge is 2.59. The first-order valence-electron chi connectivity index (χ1n) is 8.80. The molecule has 0 aromatic heterocycles. The van der Waals surface area contributed by atoms with Crippen LogP contribution >= 0.6 is 0 Å². The van der Waals surface area contributed by atoms with Crippen molar-refractivity contribution in [3.63, 3.8) is 0 Å². The summed E-state index contributed by atoms with van der Waals surface area (Å²) in [5, 5.41) is 9.28. The fourth-order valence-corrected chi connectivity index (χ4v) is 4.41. The zero-order chi connectivity index (χ0) is 18.8. The summed E-state index contributed by atoms with van der Waals surface area (Å²) in [7, 11) is 0. The third-order valence-corrected chi connectivity index (χ3v) is 5.85. The molecule has 0 spiro atoms. The van der Waals surface area contributed by atoms with Gasteiger partial charge in [-0.1, -0.05) is 18.2 Å². The molecular weight excluding hydrogens is 334 g/mol. The van der Waals surface area contributed by atoms with Crippen molar-refractivity contribution in [1.82, 2.24) is 0 Å². The van der Waals surface area contributed by atoms with Crippen LogP contribution in [0.3, 0.4) is 0 Å².